The minimum absolute atomic E-state index is 0.0161. The number of hydrogen-bond acceptors (Lipinski definition) is 6. The smallest absolute Gasteiger partial charge is 0.327 e. The van der Waals surface area contributed by atoms with Crippen LogP contribution in [0.2, 0.25) is 0 Å². The molecule has 0 N–H and O–H groups in total. The maximum absolute atomic E-state index is 13.2. The molecule has 1 aliphatic heterocycles. The molecule has 5 rings (SSSR count). The summed E-state index contributed by atoms with van der Waals surface area (Å²) in [7, 11) is 0. The average Bonchev–Trinajstić information content (AvgIpc) is 3.48. The number of aromatic nitrogens is 2. The van der Waals surface area contributed by atoms with Gasteiger partial charge >= 0.3 is 6.03 Å². The van der Waals surface area contributed by atoms with Crippen LogP contribution in [0.4, 0.5) is 4.79 Å². The number of amides is 3. The van der Waals surface area contributed by atoms with Gasteiger partial charge < -0.3 is 14.2 Å². The highest BCUT2D eigenvalue weighted by atomic mass is 16.5. The van der Waals surface area contributed by atoms with E-state index in [-0.39, 0.29) is 36.5 Å². The van der Waals surface area contributed by atoms with Gasteiger partial charge in [0.25, 0.3) is 0 Å². The van der Waals surface area contributed by atoms with Crippen LogP contribution in [0.5, 0.6) is 5.75 Å². The highest BCUT2D eigenvalue weighted by molar-refractivity contribution is 5.99. The maximum atomic E-state index is 13.2. The van der Waals surface area contributed by atoms with Gasteiger partial charge in [0.1, 0.15) is 12.3 Å². The molecule has 1 aromatic carbocycles. The molecule has 0 radical (unpaired) electrons. The van der Waals surface area contributed by atoms with Crippen LogP contribution < -0.4 is 4.74 Å². The van der Waals surface area contributed by atoms with Crippen LogP contribution >= 0.6 is 0 Å². The van der Waals surface area contributed by atoms with Crippen LogP contribution in [-0.4, -0.2) is 50.6 Å². The zero-order valence-corrected chi connectivity index (χ0v) is 17.1. The maximum Gasteiger partial charge on any atom is 0.327 e. The molecular weight excluding hydrogens is 384 g/mol. The zero-order chi connectivity index (χ0) is 20.7. The van der Waals surface area contributed by atoms with Crippen molar-refractivity contribution in [1.82, 2.24) is 19.9 Å². The lowest BCUT2D eigenvalue weighted by molar-refractivity contribution is -0.141. The quantitative estimate of drug-likeness (QED) is 0.723. The van der Waals surface area contributed by atoms with Gasteiger partial charge in [-0.1, -0.05) is 30.1 Å². The summed E-state index contributed by atoms with van der Waals surface area (Å²) in [5.74, 6) is 1.50. The molecule has 3 aliphatic rings. The molecule has 8 nitrogen and oxygen atoms in total. The van der Waals surface area contributed by atoms with Gasteiger partial charge in [-0.05, 0) is 44.7 Å². The van der Waals surface area contributed by atoms with E-state index in [2.05, 4.69) is 10.1 Å². The number of imide groups is 1. The third-order valence-electron chi connectivity index (χ3n) is 6.23. The summed E-state index contributed by atoms with van der Waals surface area (Å²) in [5, 5.41) is 4.10. The van der Waals surface area contributed by atoms with Crippen molar-refractivity contribution in [2.45, 2.75) is 64.1 Å². The molecule has 1 aromatic heterocycles. The van der Waals surface area contributed by atoms with E-state index >= 15 is 0 Å². The fourth-order valence-corrected chi connectivity index (χ4v) is 4.65. The minimum Gasteiger partial charge on any atom is -0.494 e. The Morgan fingerprint density at radius 3 is 2.80 bits per heavy atom. The fraction of sp³-hybridized carbons (Fsp3) is 0.545. The molecule has 2 aliphatic carbocycles. The SMILES string of the molecule is CCOc1cccc(-c2noc(CN3C(=O)N(C4CC4)C(=O)C4CCCCC43)n2)c1. The Hall–Kier alpha value is -2.90. The molecule has 2 aromatic rings. The van der Waals surface area contributed by atoms with Crippen molar-refractivity contribution in [3.8, 4) is 17.1 Å². The Balaban J connectivity index is 1.38. The van der Waals surface area contributed by atoms with Gasteiger partial charge in [-0.3, -0.25) is 9.69 Å². The second-order valence-electron chi connectivity index (χ2n) is 8.28. The Morgan fingerprint density at radius 2 is 2.00 bits per heavy atom. The molecule has 2 saturated carbocycles. The van der Waals surface area contributed by atoms with E-state index in [1.807, 2.05) is 31.2 Å². The Morgan fingerprint density at radius 1 is 1.17 bits per heavy atom. The third kappa shape index (κ3) is 3.44. The third-order valence-corrected chi connectivity index (χ3v) is 6.23. The fourth-order valence-electron chi connectivity index (χ4n) is 4.65. The molecule has 2 unspecified atom stereocenters. The molecule has 30 heavy (non-hydrogen) atoms. The summed E-state index contributed by atoms with van der Waals surface area (Å²) in [5.41, 5.74) is 0.797. The minimum atomic E-state index is -0.205. The number of hydrogen-bond donors (Lipinski definition) is 0. The van der Waals surface area contributed by atoms with Crippen molar-refractivity contribution < 1.29 is 18.8 Å². The van der Waals surface area contributed by atoms with Crippen molar-refractivity contribution in [2.24, 2.45) is 5.92 Å². The van der Waals surface area contributed by atoms with E-state index in [0.717, 1.165) is 49.8 Å². The van der Waals surface area contributed by atoms with Crippen LogP contribution in [0.15, 0.2) is 28.8 Å². The second-order valence-corrected chi connectivity index (χ2v) is 8.28. The molecule has 3 amide bonds. The summed E-state index contributed by atoms with van der Waals surface area (Å²) in [6.45, 7) is 2.74. The molecule has 2 heterocycles. The zero-order valence-electron chi connectivity index (χ0n) is 17.1. The number of carbonyl (C=O) groups is 2. The normalized spacial score (nSPS) is 24.2. The van der Waals surface area contributed by atoms with E-state index in [4.69, 9.17) is 9.26 Å². The molecule has 158 valence electrons. The van der Waals surface area contributed by atoms with Gasteiger partial charge in [-0.25, -0.2) is 4.79 Å². The number of nitrogens with zero attached hydrogens (tertiary/aromatic N) is 4. The van der Waals surface area contributed by atoms with E-state index in [1.54, 1.807) is 4.90 Å². The van der Waals surface area contributed by atoms with Gasteiger partial charge in [0.05, 0.1) is 12.5 Å². The first-order valence-corrected chi connectivity index (χ1v) is 10.8. The number of benzene rings is 1. The molecule has 0 spiro atoms. The van der Waals surface area contributed by atoms with Crippen molar-refractivity contribution in [2.75, 3.05) is 6.61 Å². The Kier molecular flexibility index (Phi) is 4.92. The second kappa shape index (κ2) is 7.74. The van der Waals surface area contributed by atoms with Crippen molar-refractivity contribution in [3.05, 3.63) is 30.2 Å². The van der Waals surface area contributed by atoms with Crippen LogP contribution in [0.1, 0.15) is 51.3 Å². The Labute approximate surface area is 175 Å². The summed E-state index contributed by atoms with van der Waals surface area (Å²) in [4.78, 5) is 33.9. The topological polar surface area (TPSA) is 88.8 Å². The monoisotopic (exact) mass is 410 g/mol. The molecular formula is C22H26N4O4. The lowest BCUT2D eigenvalue weighted by atomic mass is 9.81. The van der Waals surface area contributed by atoms with Gasteiger partial charge in [-0.15, -0.1) is 0 Å². The van der Waals surface area contributed by atoms with Crippen molar-refractivity contribution in [3.63, 3.8) is 0 Å². The number of carbonyl (C=O) groups excluding carboxylic acids is 2. The first-order valence-electron chi connectivity index (χ1n) is 10.8. The highest BCUT2D eigenvalue weighted by Crippen LogP contribution is 2.39. The Bertz CT molecular complexity index is 954. The lowest BCUT2D eigenvalue weighted by Crippen LogP contribution is -2.62. The summed E-state index contributed by atoms with van der Waals surface area (Å²) >= 11 is 0. The van der Waals surface area contributed by atoms with E-state index in [1.165, 1.54) is 4.90 Å². The predicted octanol–water partition coefficient (Wildman–Crippen LogP) is 3.62. The predicted molar refractivity (Wildman–Crippen MR) is 107 cm³/mol. The number of fused-ring (bicyclic) bond motifs is 1. The van der Waals surface area contributed by atoms with Crippen LogP contribution in [0.3, 0.4) is 0 Å². The number of ether oxygens (including phenoxy) is 1. The standard InChI is InChI=1S/C22H26N4O4/c1-2-29-16-7-5-6-14(12-16)20-23-19(30-24-20)13-25-18-9-4-3-8-17(18)21(27)26(22(25)28)15-10-11-15/h5-7,12,15,17-18H,2-4,8-11,13H2,1H3. The summed E-state index contributed by atoms with van der Waals surface area (Å²) in [6.07, 6.45) is 5.57. The van der Waals surface area contributed by atoms with Gasteiger partial charge in [0.15, 0.2) is 0 Å². The van der Waals surface area contributed by atoms with Crippen molar-refractivity contribution in [1.29, 1.82) is 0 Å². The number of rotatable bonds is 6. The lowest BCUT2D eigenvalue weighted by Gasteiger charge is -2.46. The summed E-state index contributed by atoms with van der Waals surface area (Å²) < 4.78 is 11.0. The average molecular weight is 410 g/mol. The first kappa shape index (κ1) is 19.1. The van der Waals surface area contributed by atoms with Gasteiger partial charge in [0, 0.05) is 17.6 Å². The van der Waals surface area contributed by atoms with E-state index < -0.39 is 0 Å². The molecule has 3 fully saturated rings. The summed E-state index contributed by atoms with van der Waals surface area (Å²) in [6, 6.07) is 7.32. The molecule has 0 bridgehead atoms. The molecule has 2 atom stereocenters. The van der Waals surface area contributed by atoms with Crippen LogP contribution in [0.25, 0.3) is 11.4 Å². The first-order chi connectivity index (χ1) is 14.7. The van der Waals surface area contributed by atoms with Gasteiger partial charge in [-0.2, -0.15) is 4.98 Å². The largest absolute Gasteiger partial charge is 0.494 e. The number of urea groups is 1. The molecule has 1 saturated heterocycles. The van der Waals surface area contributed by atoms with Gasteiger partial charge in [0.2, 0.25) is 17.6 Å². The van der Waals surface area contributed by atoms with Crippen LogP contribution in [0, 0.1) is 5.92 Å². The van der Waals surface area contributed by atoms with E-state index in [0.29, 0.717) is 18.3 Å². The van der Waals surface area contributed by atoms with Crippen LogP contribution in [-0.2, 0) is 11.3 Å². The van der Waals surface area contributed by atoms with E-state index in [9.17, 15) is 9.59 Å². The molecule has 8 heteroatoms. The van der Waals surface area contributed by atoms with Crippen molar-refractivity contribution >= 4 is 11.9 Å². The highest BCUT2D eigenvalue weighted by Gasteiger charge is 2.51.